The number of aromatic nitrogens is 2. The number of para-hydroxylation sites is 2. The predicted molar refractivity (Wildman–Crippen MR) is 100 cm³/mol. The number of amides is 3. The van der Waals surface area contributed by atoms with E-state index >= 15 is 0 Å². The Morgan fingerprint density at radius 3 is 2.52 bits per heavy atom. The van der Waals surface area contributed by atoms with Gasteiger partial charge in [-0.1, -0.05) is 18.2 Å². The maximum absolute atomic E-state index is 12.4. The molecule has 0 fully saturated rings. The van der Waals surface area contributed by atoms with Crippen LogP contribution in [0.3, 0.4) is 0 Å². The van der Waals surface area contributed by atoms with Crippen molar-refractivity contribution in [2.24, 2.45) is 0 Å². The molecular formula is C19H17N5O3. The molecule has 2 aromatic carbocycles. The summed E-state index contributed by atoms with van der Waals surface area (Å²) in [6.45, 7) is -0.126. The van der Waals surface area contributed by atoms with Gasteiger partial charge in [0.05, 0.1) is 23.8 Å². The van der Waals surface area contributed by atoms with Crippen molar-refractivity contribution in [2.45, 2.75) is 0 Å². The fraction of sp³-hybridized carbons (Fsp3) is 0.105. The summed E-state index contributed by atoms with van der Waals surface area (Å²) in [5, 5.41) is 7.61. The summed E-state index contributed by atoms with van der Waals surface area (Å²) in [5.74, 6) is -1.15. The number of carbonyl (C=O) groups is 3. The largest absolute Gasteiger partial charge is 0.358 e. The molecule has 136 valence electrons. The molecule has 0 saturated heterocycles. The van der Waals surface area contributed by atoms with E-state index in [9.17, 15) is 14.4 Å². The zero-order chi connectivity index (χ0) is 19.2. The Morgan fingerprint density at radius 2 is 1.74 bits per heavy atom. The van der Waals surface area contributed by atoms with Crippen LogP contribution in [0.5, 0.6) is 0 Å². The second-order valence-corrected chi connectivity index (χ2v) is 5.63. The van der Waals surface area contributed by atoms with Crippen LogP contribution in [0.4, 0.5) is 5.69 Å². The third kappa shape index (κ3) is 4.43. The first-order chi connectivity index (χ1) is 13.1. The molecule has 8 nitrogen and oxygen atoms in total. The molecule has 0 saturated carbocycles. The van der Waals surface area contributed by atoms with Crippen molar-refractivity contribution in [3.63, 3.8) is 0 Å². The minimum absolute atomic E-state index is 0.126. The van der Waals surface area contributed by atoms with E-state index in [1.165, 1.54) is 19.3 Å². The van der Waals surface area contributed by atoms with Crippen molar-refractivity contribution in [3.8, 4) is 0 Å². The van der Waals surface area contributed by atoms with Gasteiger partial charge in [0.2, 0.25) is 5.91 Å². The SMILES string of the molecule is CNC(=O)CNC(=O)c1cccc(NC(=O)c2cnc3ccccc3n2)c1. The van der Waals surface area contributed by atoms with Crippen molar-refractivity contribution in [3.05, 3.63) is 66.0 Å². The number of carbonyl (C=O) groups excluding carboxylic acids is 3. The van der Waals surface area contributed by atoms with E-state index < -0.39 is 11.8 Å². The fourth-order valence-electron chi connectivity index (χ4n) is 2.35. The molecule has 0 aliphatic carbocycles. The summed E-state index contributed by atoms with van der Waals surface area (Å²) < 4.78 is 0. The van der Waals surface area contributed by atoms with Crippen LogP contribution in [0.25, 0.3) is 11.0 Å². The summed E-state index contributed by atoms with van der Waals surface area (Å²) >= 11 is 0. The van der Waals surface area contributed by atoms with Gasteiger partial charge in [-0.05, 0) is 30.3 Å². The molecule has 27 heavy (non-hydrogen) atoms. The topological polar surface area (TPSA) is 113 Å². The van der Waals surface area contributed by atoms with Crippen molar-refractivity contribution in [1.29, 1.82) is 0 Å². The van der Waals surface area contributed by atoms with Crippen molar-refractivity contribution in [1.82, 2.24) is 20.6 Å². The van der Waals surface area contributed by atoms with Crippen LogP contribution in [0, 0.1) is 0 Å². The number of benzene rings is 2. The van der Waals surface area contributed by atoms with E-state index in [0.29, 0.717) is 22.3 Å². The molecule has 0 unspecified atom stereocenters. The lowest BCUT2D eigenvalue weighted by atomic mass is 10.2. The van der Waals surface area contributed by atoms with Crippen LogP contribution in [0.15, 0.2) is 54.7 Å². The van der Waals surface area contributed by atoms with Crippen molar-refractivity contribution < 1.29 is 14.4 Å². The van der Waals surface area contributed by atoms with Crippen LogP contribution in [0.1, 0.15) is 20.8 Å². The molecule has 0 aliphatic rings. The van der Waals surface area contributed by atoms with Gasteiger partial charge in [-0.3, -0.25) is 19.4 Å². The predicted octanol–water partition coefficient (Wildman–Crippen LogP) is 1.36. The Morgan fingerprint density at radius 1 is 0.963 bits per heavy atom. The number of likely N-dealkylation sites (N-methyl/N-ethyl adjacent to an activating group) is 1. The normalized spacial score (nSPS) is 10.3. The number of nitrogens with zero attached hydrogens (tertiary/aromatic N) is 2. The van der Waals surface area contributed by atoms with Crippen LogP contribution in [-0.4, -0.2) is 41.3 Å². The Balaban J connectivity index is 1.72. The zero-order valence-corrected chi connectivity index (χ0v) is 14.5. The molecule has 1 heterocycles. The van der Waals surface area contributed by atoms with E-state index in [-0.39, 0.29) is 18.1 Å². The number of hydrogen-bond donors (Lipinski definition) is 3. The minimum Gasteiger partial charge on any atom is -0.358 e. The smallest absolute Gasteiger partial charge is 0.275 e. The van der Waals surface area contributed by atoms with Gasteiger partial charge in [-0.25, -0.2) is 4.98 Å². The highest BCUT2D eigenvalue weighted by molar-refractivity contribution is 6.04. The Kier molecular flexibility index (Phi) is 5.36. The maximum atomic E-state index is 12.4. The molecule has 3 aromatic rings. The second-order valence-electron chi connectivity index (χ2n) is 5.63. The van der Waals surface area contributed by atoms with Gasteiger partial charge in [0.25, 0.3) is 11.8 Å². The van der Waals surface area contributed by atoms with E-state index in [0.717, 1.165) is 0 Å². The van der Waals surface area contributed by atoms with Gasteiger partial charge in [0.1, 0.15) is 5.69 Å². The summed E-state index contributed by atoms with van der Waals surface area (Å²) in [6, 6.07) is 13.6. The molecule has 3 rings (SSSR count). The molecule has 3 amide bonds. The summed E-state index contributed by atoms with van der Waals surface area (Å²) in [7, 11) is 1.49. The van der Waals surface area contributed by atoms with E-state index in [2.05, 4.69) is 25.9 Å². The van der Waals surface area contributed by atoms with E-state index in [1.807, 2.05) is 18.2 Å². The number of anilines is 1. The average Bonchev–Trinajstić information content (AvgIpc) is 2.71. The molecule has 0 bridgehead atoms. The highest BCUT2D eigenvalue weighted by atomic mass is 16.2. The Bertz CT molecular complexity index is 1020. The number of nitrogens with one attached hydrogen (secondary N) is 3. The molecule has 0 atom stereocenters. The van der Waals surface area contributed by atoms with Crippen molar-refractivity contribution in [2.75, 3.05) is 18.9 Å². The first-order valence-corrected chi connectivity index (χ1v) is 8.19. The maximum Gasteiger partial charge on any atom is 0.275 e. The second kappa shape index (κ2) is 8.05. The highest BCUT2D eigenvalue weighted by Crippen LogP contribution is 2.13. The van der Waals surface area contributed by atoms with Gasteiger partial charge in [-0.2, -0.15) is 0 Å². The third-order valence-electron chi connectivity index (χ3n) is 3.75. The van der Waals surface area contributed by atoms with Crippen LogP contribution >= 0.6 is 0 Å². The van der Waals surface area contributed by atoms with Crippen molar-refractivity contribution >= 4 is 34.4 Å². The third-order valence-corrected chi connectivity index (χ3v) is 3.75. The van der Waals surface area contributed by atoms with Gasteiger partial charge in [0, 0.05) is 18.3 Å². The lowest BCUT2D eigenvalue weighted by Crippen LogP contribution is -2.35. The number of hydrogen-bond acceptors (Lipinski definition) is 5. The molecule has 0 radical (unpaired) electrons. The monoisotopic (exact) mass is 363 g/mol. The van der Waals surface area contributed by atoms with Gasteiger partial charge >= 0.3 is 0 Å². The van der Waals surface area contributed by atoms with Gasteiger partial charge in [0.15, 0.2) is 0 Å². The molecule has 3 N–H and O–H groups in total. The Hall–Kier alpha value is -3.81. The number of fused-ring (bicyclic) bond motifs is 1. The quantitative estimate of drug-likeness (QED) is 0.633. The van der Waals surface area contributed by atoms with Crippen LogP contribution in [0.2, 0.25) is 0 Å². The van der Waals surface area contributed by atoms with Gasteiger partial charge in [-0.15, -0.1) is 0 Å². The molecule has 0 spiro atoms. The average molecular weight is 363 g/mol. The summed E-state index contributed by atoms with van der Waals surface area (Å²) in [5.41, 5.74) is 2.24. The molecular weight excluding hydrogens is 346 g/mol. The highest BCUT2D eigenvalue weighted by Gasteiger charge is 2.12. The van der Waals surface area contributed by atoms with E-state index in [1.54, 1.807) is 24.3 Å². The molecule has 1 aromatic heterocycles. The van der Waals surface area contributed by atoms with Gasteiger partial charge < -0.3 is 16.0 Å². The minimum atomic E-state index is -0.434. The fourth-order valence-corrected chi connectivity index (χ4v) is 2.35. The molecule has 8 heteroatoms. The zero-order valence-electron chi connectivity index (χ0n) is 14.5. The lowest BCUT2D eigenvalue weighted by molar-refractivity contribution is -0.119. The molecule has 0 aliphatic heterocycles. The summed E-state index contributed by atoms with van der Waals surface area (Å²) in [4.78, 5) is 44.2. The lowest BCUT2D eigenvalue weighted by Gasteiger charge is -2.08. The standard InChI is InChI=1S/C19H17N5O3/c1-20-17(25)11-22-18(26)12-5-4-6-13(9-12)23-19(27)16-10-21-14-7-2-3-8-15(14)24-16/h2-10H,11H2,1H3,(H,20,25)(H,22,26)(H,23,27). The number of rotatable bonds is 5. The van der Waals surface area contributed by atoms with E-state index in [4.69, 9.17) is 0 Å². The first-order valence-electron chi connectivity index (χ1n) is 8.19. The van der Waals surface area contributed by atoms with Crippen LogP contribution in [-0.2, 0) is 4.79 Å². The summed E-state index contributed by atoms with van der Waals surface area (Å²) in [6.07, 6.45) is 1.40. The first kappa shape index (κ1) is 18.0. The van der Waals surface area contributed by atoms with Crippen LogP contribution < -0.4 is 16.0 Å². The Labute approximate surface area is 155 Å².